The molecule has 0 saturated heterocycles. The van der Waals surface area contributed by atoms with E-state index in [1.807, 2.05) is 0 Å². The smallest absolute Gasteiger partial charge is 0.253 e. The Labute approximate surface area is 104 Å². The monoisotopic (exact) mass is 280 g/mol. The summed E-state index contributed by atoms with van der Waals surface area (Å²) in [6.45, 7) is 3.51. The van der Waals surface area contributed by atoms with Gasteiger partial charge in [0.05, 0.1) is 11.1 Å². The number of terminal acetylenes is 1. The van der Waals surface area contributed by atoms with E-state index in [1.165, 1.54) is 0 Å². The minimum atomic E-state index is -0.679. The Morgan fingerprint density at radius 1 is 1.56 bits per heavy atom. The van der Waals surface area contributed by atoms with E-state index in [4.69, 9.17) is 12.2 Å². The Morgan fingerprint density at radius 2 is 2.19 bits per heavy atom. The molecule has 0 unspecified atom stereocenters. The van der Waals surface area contributed by atoms with E-state index in [0.29, 0.717) is 15.7 Å². The van der Waals surface area contributed by atoms with Crippen LogP contribution in [0.3, 0.4) is 0 Å². The molecule has 4 heteroatoms. The van der Waals surface area contributed by atoms with Crippen molar-refractivity contribution in [3.8, 4) is 12.3 Å². The van der Waals surface area contributed by atoms with Crippen LogP contribution in [-0.4, -0.2) is 11.4 Å². The topological polar surface area (TPSA) is 55.1 Å². The van der Waals surface area contributed by atoms with E-state index in [-0.39, 0.29) is 5.91 Å². The van der Waals surface area contributed by atoms with Gasteiger partial charge in [0.15, 0.2) is 0 Å². The molecule has 16 heavy (non-hydrogen) atoms. The second kappa shape index (κ2) is 4.58. The summed E-state index contributed by atoms with van der Waals surface area (Å²) in [4.78, 5) is 11.9. The van der Waals surface area contributed by atoms with Crippen molar-refractivity contribution >= 4 is 27.5 Å². The molecule has 0 saturated carbocycles. The first kappa shape index (κ1) is 12.6. The van der Waals surface area contributed by atoms with E-state index in [0.717, 1.165) is 0 Å². The minimum absolute atomic E-state index is 0.248. The van der Waals surface area contributed by atoms with Crippen LogP contribution in [0.15, 0.2) is 22.7 Å². The third kappa shape index (κ3) is 3.01. The lowest BCUT2D eigenvalue weighted by Gasteiger charge is -2.20. The molecule has 0 aliphatic heterocycles. The van der Waals surface area contributed by atoms with Crippen LogP contribution in [0.1, 0.15) is 24.2 Å². The summed E-state index contributed by atoms with van der Waals surface area (Å²) in [5.74, 6) is 2.25. The van der Waals surface area contributed by atoms with Gasteiger partial charge in [-0.05, 0) is 48.0 Å². The molecule has 84 valence electrons. The van der Waals surface area contributed by atoms with E-state index in [9.17, 15) is 4.79 Å². The Kier molecular flexibility index (Phi) is 3.61. The second-order valence-corrected chi connectivity index (χ2v) is 4.82. The lowest BCUT2D eigenvalue weighted by atomic mass is 10.1. The molecule has 0 heterocycles. The maximum Gasteiger partial charge on any atom is 0.253 e. The average molecular weight is 281 g/mol. The fraction of sp³-hybridized carbons (Fsp3) is 0.250. The summed E-state index contributed by atoms with van der Waals surface area (Å²) in [5.41, 5.74) is 5.95. The number of anilines is 1. The predicted molar refractivity (Wildman–Crippen MR) is 68.9 cm³/mol. The molecule has 1 aromatic rings. The fourth-order valence-corrected chi connectivity index (χ4v) is 1.53. The van der Waals surface area contributed by atoms with Crippen molar-refractivity contribution in [3.05, 3.63) is 28.2 Å². The Bertz CT molecular complexity index is 461. The first-order chi connectivity index (χ1) is 7.35. The number of rotatable bonds is 2. The molecule has 3 nitrogen and oxygen atoms in total. The molecule has 0 atom stereocenters. The van der Waals surface area contributed by atoms with E-state index in [2.05, 4.69) is 27.2 Å². The number of benzene rings is 1. The van der Waals surface area contributed by atoms with Crippen LogP contribution in [-0.2, 0) is 0 Å². The predicted octanol–water partition coefficient (Wildman–Crippen LogP) is 2.17. The molecule has 1 amide bonds. The number of amides is 1. The molecule has 0 bridgehead atoms. The molecule has 1 aromatic carbocycles. The quantitative estimate of drug-likeness (QED) is 0.645. The highest BCUT2D eigenvalue weighted by molar-refractivity contribution is 9.10. The lowest BCUT2D eigenvalue weighted by Crippen LogP contribution is -2.42. The van der Waals surface area contributed by atoms with Crippen LogP contribution in [0.5, 0.6) is 0 Å². The number of carbonyl (C=O) groups is 1. The van der Waals surface area contributed by atoms with Crippen molar-refractivity contribution in [1.29, 1.82) is 0 Å². The van der Waals surface area contributed by atoms with Crippen molar-refractivity contribution in [3.63, 3.8) is 0 Å². The summed E-state index contributed by atoms with van der Waals surface area (Å²) < 4.78 is 0.687. The van der Waals surface area contributed by atoms with Crippen molar-refractivity contribution < 1.29 is 4.79 Å². The van der Waals surface area contributed by atoms with Gasteiger partial charge in [0, 0.05) is 10.2 Å². The number of hydrogen-bond acceptors (Lipinski definition) is 2. The van der Waals surface area contributed by atoms with Gasteiger partial charge in [-0.3, -0.25) is 4.79 Å². The molecule has 0 aliphatic carbocycles. The van der Waals surface area contributed by atoms with Gasteiger partial charge in [0.25, 0.3) is 5.91 Å². The van der Waals surface area contributed by atoms with Crippen LogP contribution in [0.25, 0.3) is 0 Å². The van der Waals surface area contributed by atoms with Gasteiger partial charge in [-0.1, -0.05) is 5.92 Å². The third-order valence-electron chi connectivity index (χ3n) is 2.02. The summed E-state index contributed by atoms with van der Waals surface area (Å²) in [6, 6.07) is 5.05. The summed E-state index contributed by atoms with van der Waals surface area (Å²) in [5, 5.41) is 2.73. The number of carbonyl (C=O) groups excluding carboxylic acids is 1. The number of halogens is 1. The zero-order valence-corrected chi connectivity index (χ0v) is 10.8. The van der Waals surface area contributed by atoms with Crippen LogP contribution >= 0.6 is 15.9 Å². The molecule has 3 N–H and O–H groups in total. The van der Waals surface area contributed by atoms with Crippen LogP contribution in [0, 0.1) is 12.3 Å². The largest absolute Gasteiger partial charge is 0.399 e. The lowest BCUT2D eigenvalue weighted by molar-refractivity contribution is 0.0929. The van der Waals surface area contributed by atoms with Gasteiger partial charge in [-0.15, -0.1) is 6.42 Å². The van der Waals surface area contributed by atoms with Crippen LogP contribution < -0.4 is 11.1 Å². The normalized spacial score (nSPS) is 10.6. The average Bonchev–Trinajstić information content (AvgIpc) is 2.21. The Hall–Kier alpha value is -1.47. The van der Waals surface area contributed by atoms with Crippen LogP contribution in [0.4, 0.5) is 5.69 Å². The first-order valence-corrected chi connectivity index (χ1v) is 5.50. The standard InChI is InChI=1S/C12H13BrN2O/c1-4-12(2,3)15-11(16)9-7-8(14)5-6-10(9)13/h1,5-7H,14H2,2-3H3,(H,15,16). The highest BCUT2D eigenvalue weighted by Gasteiger charge is 2.19. The van der Waals surface area contributed by atoms with E-state index in [1.54, 1.807) is 32.0 Å². The summed E-state index contributed by atoms with van der Waals surface area (Å²) >= 11 is 3.29. The molecule has 0 fully saturated rings. The second-order valence-electron chi connectivity index (χ2n) is 3.96. The molecule has 0 radical (unpaired) electrons. The maximum absolute atomic E-state index is 11.9. The maximum atomic E-state index is 11.9. The van der Waals surface area contributed by atoms with Gasteiger partial charge in [0.1, 0.15) is 0 Å². The number of nitrogens with one attached hydrogen (secondary N) is 1. The van der Waals surface area contributed by atoms with Gasteiger partial charge in [0.2, 0.25) is 0 Å². The highest BCUT2D eigenvalue weighted by atomic mass is 79.9. The molecular weight excluding hydrogens is 268 g/mol. The summed E-state index contributed by atoms with van der Waals surface area (Å²) in [6.07, 6.45) is 5.30. The number of nitrogen functional groups attached to an aromatic ring is 1. The van der Waals surface area contributed by atoms with Gasteiger partial charge in [-0.2, -0.15) is 0 Å². The Morgan fingerprint density at radius 3 is 2.75 bits per heavy atom. The van der Waals surface area contributed by atoms with Crippen molar-refractivity contribution in [2.45, 2.75) is 19.4 Å². The first-order valence-electron chi connectivity index (χ1n) is 4.71. The van der Waals surface area contributed by atoms with Gasteiger partial charge < -0.3 is 11.1 Å². The fourth-order valence-electron chi connectivity index (χ4n) is 1.10. The number of hydrogen-bond donors (Lipinski definition) is 2. The molecule has 0 aromatic heterocycles. The molecular formula is C12H13BrN2O. The van der Waals surface area contributed by atoms with Crippen molar-refractivity contribution in [1.82, 2.24) is 5.32 Å². The van der Waals surface area contributed by atoms with Crippen molar-refractivity contribution in [2.24, 2.45) is 0 Å². The van der Waals surface area contributed by atoms with Crippen molar-refractivity contribution in [2.75, 3.05) is 5.73 Å². The minimum Gasteiger partial charge on any atom is -0.399 e. The number of nitrogens with two attached hydrogens (primary N) is 1. The zero-order chi connectivity index (χ0) is 12.3. The SMILES string of the molecule is C#CC(C)(C)NC(=O)c1cc(N)ccc1Br. The van der Waals surface area contributed by atoms with Gasteiger partial charge >= 0.3 is 0 Å². The van der Waals surface area contributed by atoms with Crippen LogP contribution in [0.2, 0.25) is 0 Å². The van der Waals surface area contributed by atoms with Gasteiger partial charge in [-0.25, -0.2) is 0 Å². The molecule has 0 aliphatic rings. The Balaban J connectivity index is 2.98. The molecule has 1 rings (SSSR count). The van der Waals surface area contributed by atoms with E-state index < -0.39 is 5.54 Å². The third-order valence-corrected chi connectivity index (χ3v) is 2.71. The van der Waals surface area contributed by atoms with E-state index >= 15 is 0 Å². The zero-order valence-electron chi connectivity index (χ0n) is 9.17. The highest BCUT2D eigenvalue weighted by Crippen LogP contribution is 2.20. The molecule has 0 spiro atoms. The summed E-state index contributed by atoms with van der Waals surface area (Å²) in [7, 11) is 0.